The molecule has 1 heterocycles. The Balaban J connectivity index is 1.38. The Morgan fingerprint density at radius 1 is 1.00 bits per heavy atom. The molecule has 0 saturated carbocycles. The molecule has 2 amide bonds. The van der Waals surface area contributed by atoms with Crippen LogP contribution in [-0.2, 0) is 0 Å². The molecule has 0 aliphatic carbocycles. The summed E-state index contributed by atoms with van der Waals surface area (Å²) < 4.78 is 40.6. The van der Waals surface area contributed by atoms with Gasteiger partial charge in [-0.3, -0.25) is 0 Å². The van der Waals surface area contributed by atoms with E-state index in [4.69, 9.17) is 5.26 Å². The molecule has 0 fully saturated rings. The molecule has 4 aromatic rings. The van der Waals surface area contributed by atoms with Crippen molar-refractivity contribution in [3.8, 4) is 23.1 Å². The number of hydrogen-bond acceptors (Lipinski definition) is 6. The van der Waals surface area contributed by atoms with Crippen molar-refractivity contribution in [3.63, 3.8) is 0 Å². The van der Waals surface area contributed by atoms with Gasteiger partial charge in [0.1, 0.15) is 11.4 Å². The van der Waals surface area contributed by atoms with Crippen molar-refractivity contribution < 1.29 is 22.7 Å². The quantitative estimate of drug-likeness (QED) is 0.297. The van der Waals surface area contributed by atoms with Gasteiger partial charge in [-0.05, 0) is 43.3 Å². The average molecular weight is 506 g/mol. The zero-order valence-electron chi connectivity index (χ0n) is 19.5. The molecule has 0 aliphatic heterocycles. The van der Waals surface area contributed by atoms with Crippen LogP contribution in [0.3, 0.4) is 0 Å². The van der Waals surface area contributed by atoms with E-state index in [1.807, 2.05) is 43.3 Å². The first-order valence-electron chi connectivity index (χ1n) is 11.1. The van der Waals surface area contributed by atoms with Crippen LogP contribution in [0.1, 0.15) is 12.5 Å². The summed E-state index contributed by atoms with van der Waals surface area (Å²) in [6.07, 6.45) is -4.78. The standard InChI is InChI=1S/C26H21F3N6O2/c1-16(15-31-25(36)33-19-10-12-20(13-11-19)37-26(27,28)29)32-24-22-5-3-2-4-21(22)23(34-35-24)18-8-6-17(14-30)7-9-18/h2-13,16H,15H2,1H3,(H,32,35)(H2,31,33,36)/t16-/m0/s1. The van der Waals surface area contributed by atoms with Crippen molar-refractivity contribution in [1.82, 2.24) is 15.5 Å². The third-order valence-electron chi connectivity index (χ3n) is 5.27. The van der Waals surface area contributed by atoms with Crippen molar-refractivity contribution in [3.05, 3.63) is 78.4 Å². The van der Waals surface area contributed by atoms with Gasteiger partial charge in [0, 0.05) is 34.6 Å². The van der Waals surface area contributed by atoms with Crippen LogP contribution < -0.4 is 20.7 Å². The maximum Gasteiger partial charge on any atom is 0.573 e. The van der Waals surface area contributed by atoms with Gasteiger partial charge in [-0.2, -0.15) is 5.26 Å². The van der Waals surface area contributed by atoms with Crippen molar-refractivity contribution in [2.75, 3.05) is 17.2 Å². The third kappa shape index (κ3) is 6.64. The largest absolute Gasteiger partial charge is 0.573 e. The minimum atomic E-state index is -4.78. The number of halogens is 3. The monoisotopic (exact) mass is 506 g/mol. The fourth-order valence-electron chi connectivity index (χ4n) is 3.57. The Morgan fingerprint density at radius 2 is 1.68 bits per heavy atom. The van der Waals surface area contributed by atoms with E-state index in [1.54, 1.807) is 12.1 Å². The second-order valence-electron chi connectivity index (χ2n) is 8.08. The Kier molecular flexibility index (Phi) is 7.39. The first kappa shape index (κ1) is 25.2. The van der Waals surface area contributed by atoms with E-state index >= 15 is 0 Å². The molecule has 0 unspecified atom stereocenters. The molecule has 8 nitrogen and oxygen atoms in total. The molecular weight excluding hydrogens is 485 g/mol. The summed E-state index contributed by atoms with van der Waals surface area (Å²) in [5, 5.41) is 28.0. The predicted molar refractivity (Wildman–Crippen MR) is 133 cm³/mol. The highest BCUT2D eigenvalue weighted by Crippen LogP contribution is 2.30. The van der Waals surface area contributed by atoms with Gasteiger partial charge in [-0.25, -0.2) is 4.79 Å². The molecule has 4 rings (SSSR count). The first-order valence-corrected chi connectivity index (χ1v) is 11.1. The number of anilines is 2. The molecule has 1 atom stereocenters. The summed E-state index contributed by atoms with van der Waals surface area (Å²) in [5.41, 5.74) is 2.38. The number of benzene rings is 3. The first-order chi connectivity index (χ1) is 17.7. The summed E-state index contributed by atoms with van der Waals surface area (Å²) in [6.45, 7) is 2.09. The number of fused-ring (bicyclic) bond motifs is 1. The summed E-state index contributed by atoms with van der Waals surface area (Å²) >= 11 is 0. The van der Waals surface area contributed by atoms with Gasteiger partial charge in [0.25, 0.3) is 0 Å². The smallest absolute Gasteiger partial charge is 0.406 e. The van der Waals surface area contributed by atoms with E-state index in [-0.39, 0.29) is 18.3 Å². The van der Waals surface area contributed by atoms with Gasteiger partial charge in [0.2, 0.25) is 0 Å². The van der Waals surface area contributed by atoms with Crippen molar-refractivity contribution in [1.29, 1.82) is 5.26 Å². The number of hydrogen-bond donors (Lipinski definition) is 3. The van der Waals surface area contributed by atoms with Crippen LogP contribution in [0.2, 0.25) is 0 Å². The predicted octanol–water partition coefficient (Wildman–Crippen LogP) is 5.69. The average Bonchev–Trinajstić information content (AvgIpc) is 2.88. The molecule has 1 aromatic heterocycles. The number of carbonyl (C=O) groups is 1. The van der Waals surface area contributed by atoms with Crippen LogP contribution in [-0.4, -0.2) is 35.2 Å². The normalized spacial score (nSPS) is 11.9. The molecule has 3 aromatic carbocycles. The lowest BCUT2D eigenvalue weighted by molar-refractivity contribution is -0.274. The van der Waals surface area contributed by atoms with Crippen LogP contribution in [0, 0.1) is 11.3 Å². The fraction of sp³-hybridized carbons (Fsp3) is 0.154. The maximum atomic E-state index is 12.3. The molecule has 11 heteroatoms. The Morgan fingerprint density at radius 3 is 2.32 bits per heavy atom. The van der Waals surface area contributed by atoms with Gasteiger partial charge in [-0.15, -0.1) is 23.4 Å². The Labute approximate surface area is 210 Å². The highest BCUT2D eigenvalue weighted by atomic mass is 19.4. The summed E-state index contributed by atoms with van der Waals surface area (Å²) in [6, 6.07) is 20.9. The van der Waals surface area contributed by atoms with E-state index in [2.05, 4.69) is 37.0 Å². The second kappa shape index (κ2) is 10.8. The zero-order valence-corrected chi connectivity index (χ0v) is 19.5. The molecule has 0 bridgehead atoms. The number of ether oxygens (including phenoxy) is 1. The molecule has 0 spiro atoms. The summed E-state index contributed by atoms with van der Waals surface area (Å²) in [5.74, 6) is 0.165. The number of rotatable bonds is 7. The molecule has 0 aliphatic rings. The lowest BCUT2D eigenvalue weighted by Crippen LogP contribution is -2.37. The number of aromatic nitrogens is 2. The van der Waals surface area contributed by atoms with Crippen LogP contribution >= 0.6 is 0 Å². The molecule has 37 heavy (non-hydrogen) atoms. The fourth-order valence-corrected chi connectivity index (χ4v) is 3.57. The van der Waals surface area contributed by atoms with Crippen molar-refractivity contribution >= 4 is 28.3 Å². The lowest BCUT2D eigenvalue weighted by atomic mass is 10.0. The number of urea groups is 1. The van der Waals surface area contributed by atoms with Gasteiger partial charge < -0.3 is 20.7 Å². The maximum absolute atomic E-state index is 12.3. The summed E-state index contributed by atoms with van der Waals surface area (Å²) in [4.78, 5) is 12.2. The second-order valence-corrected chi connectivity index (χ2v) is 8.08. The number of nitrogens with one attached hydrogen (secondary N) is 3. The van der Waals surface area contributed by atoms with Gasteiger partial charge in [-0.1, -0.05) is 36.4 Å². The number of nitriles is 1. The molecule has 0 radical (unpaired) electrons. The van der Waals surface area contributed by atoms with Gasteiger partial charge >= 0.3 is 12.4 Å². The zero-order chi connectivity index (χ0) is 26.4. The molecular formula is C26H21F3N6O2. The highest BCUT2D eigenvalue weighted by molar-refractivity contribution is 6.00. The van der Waals surface area contributed by atoms with Crippen molar-refractivity contribution in [2.24, 2.45) is 0 Å². The van der Waals surface area contributed by atoms with E-state index in [0.717, 1.165) is 28.5 Å². The molecule has 188 valence electrons. The van der Waals surface area contributed by atoms with Crippen molar-refractivity contribution in [2.45, 2.75) is 19.3 Å². The topological polar surface area (TPSA) is 112 Å². The summed E-state index contributed by atoms with van der Waals surface area (Å²) in [7, 11) is 0. The van der Waals surface area contributed by atoms with E-state index in [1.165, 1.54) is 12.1 Å². The van der Waals surface area contributed by atoms with E-state index < -0.39 is 12.4 Å². The Bertz CT molecular complexity index is 1430. The number of carbonyl (C=O) groups excluding carboxylic acids is 1. The minimum absolute atomic E-state index is 0.230. The van der Waals surface area contributed by atoms with Crippen LogP contribution in [0.15, 0.2) is 72.8 Å². The molecule has 0 saturated heterocycles. The number of nitrogens with zero attached hydrogens (tertiary/aromatic N) is 3. The van der Waals surface area contributed by atoms with Crippen LogP contribution in [0.4, 0.5) is 29.5 Å². The lowest BCUT2D eigenvalue weighted by Gasteiger charge is -2.17. The number of alkyl halides is 3. The SMILES string of the molecule is C[C@@H](CNC(=O)Nc1ccc(OC(F)(F)F)cc1)Nc1nnc(-c2ccc(C#N)cc2)c2ccccc12. The van der Waals surface area contributed by atoms with Gasteiger partial charge in [0.05, 0.1) is 11.6 Å². The van der Waals surface area contributed by atoms with Crippen LogP contribution in [0.25, 0.3) is 22.0 Å². The van der Waals surface area contributed by atoms with Gasteiger partial charge in [0.15, 0.2) is 5.82 Å². The van der Waals surface area contributed by atoms with Crippen LogP contribution in [0.5, 0.6) is 5.75 Å². The minimum Gasteiger partial charge on any atom is -0.406 e. The number of amides is 2. The molecule has 3 N–H and O–H groups in total. The van der Waals surface area contributed by atoms with E-state index in [9.17, 15) is 18.0 Å². The third-order valence-corrected chi connectivity index (χ3v) is 5.27. The Hall–Kier alpha value is -4.85. The van der Waals surface area contributed by atoms with E-state index in [0.29, 0.717) is 22.8 Å². The highest BCUT2D eigenvalue weighted by Gasteiger charge is 2.31.